The van der Waals surface area contributed by atoms with Gasteiger partial charge in [-0.2, -0.15) is 0 Å². The molecule has 0 saturated heterocycles. The van der Waals surface area contributed by atoms with Crippen LogP contribution in [0.2, 0.25) is 5.02 Å². The molecule has 0 aliphatic heterocycles. The lowest BCUT2D eigenvalue weighted by Gasteiger charge is -2.02. The molecule has 2 heteroatoms. The Bertz CT molecular complexity index is 463. The van der Waals surface area contributed by atoms with E-state index in [1.54, 1.807) is 24.3 Å². The van der Waals surface area contributed by atoms with Crippen molar-refractivity contribution in [3.8, 4) is 5.75 Å². The Morgan fingerprint density at radius 1 is 1.08 bits per heavy atom. The van der Waals surface area contributed by atoms with Crippen LogP contribution in [0.4, 0.5) is 0 Å². The van der Waals surface area contributed by atoms with Crippen LogP contribution in [0.1, 0.15) is 5.56 Å². The number of hydrogen-bond acceptors (Lipinski definition) is 0. The topological polar surface area (TPSA) is 19.9 Å². The zero-order valence-corrected chi connectivity index (χ0v) is 7.93. The third kappa shape index (κ3) is 1.25. The molecule has 0 saturated carbocycles. The van der Waals surface area contributed by atoms with E-state index < -0.39 is 0 Å². The highest BCUT2D eigenvalue weighted by atomic mass is 35.5. The van der Waals surface area contributed by atoms with Crippen molar-refractivity contribution in [2.45, 2.75) is 6.92 Å². The van der Waals surface area contributed by atoms with Crippen LogP contribution in [0.5, 0.6) is 5.75 Å². The molecule has 0 aromatic heterocycles. The van der Waals surface area contributed by atoms with Gasteiger partial charge in [0, 0.05) is 15.8 Å². The van der Waals surface area contributed by atoms with Crippen molar-refractivity contribution in [1.82, 2.24) is 0 Å². The molecule has 1 radical (unpaired) electrons. The largest absolute Gasteiger partial charge is 0.289 e. The molecule has 1 nitrogen and oxygen atoms in total. The summed E-state index contributed by atoms with van der Waals surface area (Å²) >= 11 is 5.94. The monoisotopic (exact) mass is 191 g/mol. The van der Waals surface area contributed by atoms with E-state index in [2.05, 4.69) is 0 Å². The van der Waals surface area contributed by atoms with Crippen LogP contribution in [0, 0.1) is 6.92 Å². The van der Waals surface area contributed by atoms with Gasteiger partial charge in [-0.05, 0) is 18.6 Å². The molecule has 0 bridgehead atoms. The normalized spacial score (nSPS) is 10.6. The highest BCUT2D eigenvalue weighted by Crippen LogP contribution is 2.32. The first-order valence-corrected chi connectivity index (χ1v) is 4.43. The molecule has 2 rings (SSSR count). The summed E-state index contributed by atoms with van der Waals surface area (Å²) in [4.78, 5) is 0. The summed E-state index contributed by atoms with van der Waals surface area (Å²) in [6.45, 7) is 1.81. The van der Waals surface area contributed by atoms with Crippen LogP contribution in [-0.2, 0) is 5.11 Å². The van der Waals surface area contributed by atoms with Crippen molar-refractivity contribution in [2.24, 2.45) is 0 Å². The quantitative estimate of drug-likeness (QED) is 0.601. The van der Waals surface area contributed by atoms with E-state index in [0.717, 1.165) is 10.9 Å². The fourth-order valence-corrected chi connectivity index (χ4v) is 1.64. The van der Waals surface area contributed by atoms with Crippen LogP contribution < -0.4 is 0 Å². The standard InChI is InChI=1S/C11H8ClO/c1-7-5-6-8-9(11(7)13)3-2-4-10(8)12/h2-6H,1H3. The van der Waals surface area contributed by atoms with Gasteiger partial charge in [0.05, 0.1) is 0 Å². The second-order valence-corrected chi connectivity index (χ2v) is 3.45. The van der Waals surface area contributed by atoms with Gasteiger partial charge in [0.1, 0.15) is 0 Å². The minimum atomic E-state index is 0.0694. The van der Waals surface area contributed by atoms with Gasteiger partial charge in [0.15, 0.2) is 5.75 Å². The van der Waals surface area contributed by atoms with Gasteiger partial charge >= 0.3 is 0 Å². The van der Waals surface area contributed by atoms with Gasteiger partial charge in [0.2, 0.25) is 0 Å². The minimum absolute atomic E-state index is 0.0694. The maximum atomic E-state index is 11.6. The van der Waals surface area contributed by atoms with E-state index in [-0.39, 0.29) is 5.75 Å². The van der Waals surface area contributed by atoms with E-state index in [0.29, 0.717) is 10.4 Å². The summed E-state index contributed by atoms with van der Waals surface area (Å²) in [5.74, 6) is 0.0694. The number of fused-ring (bicyclic) bond motifs is 1. The van der Waals surface area contributed by atoms with Crippen molar-refractivity contribution in [2.75, 3.05) is 0 Å². The van der Waals surface area contributed by atoms with Crippen molar-refractivity contribution in [1.29, 1.82) is 0 Å². The summed E-state index contributed by atoms with van der Waals surface area (Å²) in [6.07, 6.45) is 0. The summed E-state index contributed by atoms with van der Waals surface area (Å²) in [5.41, 5.74) is 0.759. The lowest BCUT2D eigenvalue weighted by molar-refractivity contribution is 0.357. The first-order valence-electron chi connectivity index (χ1n) is 4.05. The zero-order chi connectivity index (χ0) is 9.42. The minimum Gasteiger partial charge on any atom is -0.289 e. The average molecular weight is 192 g/mol. The van der Waals surface area contributed by atoms with Gasteiger partial charge in [-0.15, -0.1) is 0 Å². The Morgan fingerprint density at radius 2 is 1.85 bits per heavy atom. The maximum absolute atomic E-state index is 11.6. The first kappa shape index (κ1) is 8.39. The Balaban J connectivity index is 2.94. The number of rotatable bonds is 0. The Kier molecular flexibility index (Phi) is 1.89. The summed E-state index contributed by atoms with van der Waals surface area (Å²) < 4.78 is 0. The van der Waals surface area contributed by atoms with E-state index in [9.17, 15) is 5.11 Å². The van der Waals surface area contributed by atoms with Crippen LogP contribution in [-0.4, -0.2) is 0 Å². The van der Waals surface area contributed by atoms with Gasteiger partial charge in [-0.25, -0.2) is 0 Å². The fourth-order valence-electron chi connectivity index (χ4n) is 1.40. The van der Waals surface area contributed by atoms with Gasteiger partial charge in [-0.3, -0.25) is 5.11 Å². The van der Waals surface area contributed by atoms with Crippen LogP contribution in [0.3, 0.4) is 0 Å². The third-order valence-electron chi connectivity index (χ3n) is 2.16. The molecule has 0 amide bonds. The van der Waals surface area contributed by atoms with Crippen molar-refractivity contribution in [3.63, 3.8) is 0 Å². The molecule has 65 valence electrons. The molecule has 0 aliphatic rings. The van der Waals surface area contributed by atoms with Gasteiger partial charge < -0.3 is 0 Å². The van der Waals surface area contributed by atoms with Crippen LogP contribution in [0.15, 0.2) is 30.3 Å². The molecule has 0 spiro atoms. The van der Waals surface area contributed by atoms with Crippen molar-refractivity contribution >= 4 is 22.4 Å². The second kappa shape index (κ2) is 2.93. The van der Waals surface area contributed by atoms with E-state index in [4.69, 9.17) is 11.6 Å². The fraction of sp³-hybridized carbons (Fsp3) is 0.0909. The lowest BCUT2D eigenvalue weighted by Crippen LogP contribution is -1.78. The molecule has 2 aromatic rings. The zero-order valence-electron chi connectivity index (χ0n) is 7.17. The molecule has 0 unspecified atom stereocenters. The molecule has 2 aromatic carbocycles. The average Bonchev–Trinajstić information content (AvgIpc) is 2.12. The Morgan fingerprint density at radius 3 is 2.62 bits per heavy atom. The van der Waals surface area contributed by atoms with Gasteiger partial charge in [0.25, 0.3) is 0 Å². The summed E-state index contributed by atoms with van der Waals surface area (Å²) in [7, 11) is 0. The van der Waals surface area contributed by atoms with Crippen molar-refractivity contribution in [3.05, 3.63) is 40.9 Å². The Labute approximate surface area is 81.6 Å². The van der Waals surface area contributed by atoms with Gasteiger partial charge in [-0.1, -0.05) is 35.9 Å². The number of benzene rings is 2. The molecule has 0 heterocycles. The first-order chi connectivity index (χ1) is 6.20. The predicted octanol–water partition coefficient (Wildman–Crippen LogP) is 3.95. The molecule has 0 N–H and O–H groups in total. The number of hydrogen-bond donors (Lipinski definition) is 0. The molecule has 0 atom stereocenters. The smallest absolute Gasteiger partial charge is 0.189 e. The molecule has 13 heavy (non-hydrogen) atoms. The van der Waals surface area contributed by atoms with E-state index in [1.165, 1.54) is 0 Å². The van der Waals surface area contributed by atoms with E-state index >= 15 is 0 Å². The SMILES string of the molecule is Cc1ccc2c(Cl)cccc2c1[O]. The highest BCUT2D eigenvalue weighted by molar-refractivity contribution is 6.35. The highest BCUT2D eigenvalue weighted by Gasteiger charge is 2.06. The number of aryl methyl sites for hydroxylation is 1. The third-order valence-corrected chi connectivity index (χ3v) is 2.49. The summed E-state index contributed by atoms with van der Waals surface area (Å²) in [6, 6.07) is 9.08. The lowest BCUT2D eigenvalue weighted by atomic mass is 10.1. The Hall–Kier alpha value is -1.21. The van der Waals surface area contributed by atoms with Crippen LogP contribution in [0.25, 0.3) is 10.8 Å². The number of halogens is 1. The summed E-state index contributed by atoms with van der Waals surface area (Å²) in [5, 5.41) is 13.8. The molecular formula is C11H8ClO. The second-order valence-electron chi connectivity index (χ2n) is 3.05. The predicted molar refractivity (Wildman–Crippen MR) is 53.8 cm³/mol. The molecule has 0 fully saturated rings. The molecular weight excluding hydrogens is 184 g/mol. The van der Waals surface area contributed by atoms with Crippen LogP contribution >= 0.6 is 11.6 Å². The van der Waals surface area contributed by atoms with Crippen molar-refractivity contribution < 1.29 is 5.11 Å². The molecule has 0 aliphatic carbocycles. The maximum Gasteiger partial charge on any atom is 0.189 e. The van der Waals surface area contributed by atoms with E-state index in [1.807, 2.05) is 13.0 Å².